The molecule has 2 aromatic rings. The zero-order valence-corrected chi connectivity index (χ0v) is 10.8. The summed E-state index contributed by atoms with van der Waals surface area (Å²) in [5.41, 5.74) is 1.29. The molecule has 0 saturated carbocycles. The summed E-state index contributed by atoms with van der Waals surface area (Å²) in [5.74, 6) is -2.10. The van der Waals surface area contributed by atoms with Gasteiger partial charge in [0.1, 0.15) is 11.6 Å². The van der Waals surface area contributed by atoms with Crippen LogP contribution in [0.4, 0.5) is 14.5 Å². The standard InChI is InChI=1S/C15H13F2NO2/c1-9-2-4-13(17)14(6-9)18-8-11-7-10(15(19)20)3-5-12(11)16/h2-7,18H,8H2,1H3,(H,19,20). The van der Waals surface area contributed by atoms with E-state index in [1.807, 2.05) is 6.92 Å². The van der Waals surface area contributed by atoms with E-state index in [1.165, 1.54) is 18.2 Å². The first-order valence-electron chi connectivity index (χ1n) is 5.99. The lowest BCUT2D eigenvalue weighted by Crippen LogP contribution is -2.06. The van der Waals surface area contributed by atoms with Crippen LogP contribution in [-0.2, 0) is 6.54 Å². The Kier molecular flexibility index (Phi) is 3.98. The van der Waals surface area contributed by atoms with Crippen LogP contribution in [0.25, 0.3) is 0 Å². The van der Waals surface area contributed by atoms with Crippen molar-refractivity contribution in [3.05, 3.63) is 64.7 Å². The Bertz CT molecular complexity index is 656. The molecule has 0 fully saturated rings. The molecule has 0 atom stereocenters. The molecule has 5 heteroatoms. The van der Waals surface area contributed by atoms with E-state index in [0.717, 1.165) is 11.6 Å². The smallest absolute Gasteiger partial charge is 0.335 e. The number of benzene rings is 2. The second-order valence-electron chi connectivity index (χ2n) is 4.45. The predicted octanol–water partition coefficient (Wildman–Crippen LogP) is 3.58. The summed E-state index contributed by atoms with van der Waals surface area (Å²) in [6.07, 6.45) is 0. The fourth-order valence-corrected chi connectivity index (χ4v) is 1.81. The van der Waals surface area contributed by atoms with Gasteiger partial charge in [-0.2, -0.15) is 0 Å². The molecule has 2 aromatic carbocycles. The molecule has 20 heavy (non-hydrogen) atoms. The number of rotatable bonds is 4. The van der Waals surface area contributed by atoms with Crippen LogP contribution in [0.15, 0.2) is 36.4 Å². The maximum absolute atomic E-state index is 13.6. The number of carboxylic acid groups (broad SMARTS) is 1. The van der Waals surface area contributed by atoms with Crippen molar-refractivity contribution in [3.63, 3.8) is 0 Å². The molecular weight excluding hydrogens is 264 g/mol. The van der Waals surface area contributed by atoms with Crippen LogP contribution in [-0.4, -0.2) is 11.1 Å². The molecule has 0 aliphatic rings. The van der Waals surface area contributed by atoms with Crippen molar-refractivity contribution in [3.8, 4) is 0 Å². The maximum atomic E-state index is 13.6. The molecule has 0 aliphatic heterocycles. The van der Waals surface area contributed by atoms with Crippen LogP contribution in [0.1, 0.15) is 21.5 Å². The van der Waals surface area contributed by atoms with Gasteiger partial charge in [-0.15, -0.1) is 0 Å². The molecule has 0 bridgehead atoms. The SMILES string of the molecule is Cc1ccc(F)c(NCc2cc(C(=O)O)ccc2F)c1. The summed E-state index contributed by atoms with van der Waals surface area (Å²) < 4.78 is 27.1. The number of aromatic carboxylic acids is 1. The van der Waals surface area contributed by atoms with Crippen molar-refractivity contribution in [2.24, 2.45) is 0 Å². The molecule has 0 heterocycles. The Balaban J connectivity index is 2.20. The minimum atomic E-state index is -1.13. The second-order valence-corrected chi connectivity index (χ2v) is 4.45. The highest BCUT2D eigenvalue weighted by atomic mass is 19.1. The lowest BCUT2D eigenvalue weighted by Gasteiger charge is -2.10. The average molecular weight is 277 g/mol. The Morgan fingerprint density at radius 3 is 2.55 bits per heavy atom. The van der Waals surface area contributed by atoms with Crippen molar-refractivity contribution in [1.29, 1.82) is 0 Å². The van der Waals surface area contributed by atoms with E-state index in [9.17, 15) is 13.6 Å². The number of anilines is 1. The lowest BCUT2D eigenvalue weighted by atomic mass is 10.1. The predicted molar refractivity (Wildman–Crippen MR) is 71.8 cm³/mol. The summed E-state index contributed by atoms with van der Waals surface area (Å²) in [6.45, 7) is 1.82. The molecule has 0 radical (unpaired) electrons. The summed E-state index contributed by atoms with van der Waals surface area (Å²) >= 11 is 0. The van der Waals surface area contributed by atoms with Gasteiger partial charge in [-0.3, -0.25) is 0 Å². The average Bonchev–Trinajstić information content (AvgIpc) is 2.41. The van der Waals surface area contributed by atoms with Gasteiger partial charge in [-0.25, -0.2) is 13.6 Å². The second kappa shape index (κ2) is 5.69. The van der Waals surface area contributed by atoms with E-state index in [1.54, 1.807) is 12.1 Å². The molecule has 2 rings (SSSR count). The minimum Gasteiger partial charge on any atom is -0.478 e. The largest absolute Gasteiger partial charge is 0.478 e. The molecular formula is C15H13F2NO2. The maximum Gasteiger partial charge on any atom is 0.335 e. The number of halogens is 2. The van der Waals surface area contributed by atoms with E-state index in [2.05, 4.69) is 5.32 Å². The van der Waals surface area contributed by atoms with Gasteiger partial charge in [-0.1, -0.05) is 6.07 Å². The third-order valence-electron chi connectivity index (χ3n) is 2.88. The first kappa shape index (κ1) is 14.0. The Morgan fingerprint density at radius 1 is 1.15 bits per heavy atom. The van der Waals surface area contributed by atoms with Gasteiger partial charge < -0.3 is 10.4 Å². The monoisotopic (exact) mass is 277 g/mol. The Morgan fingerprint density at radius 2 is 1.85 bits per heavy atom. The molecule has 3 nitrogen and oxygen atoms in total. The quantitative estimate of drug-likeness (QED) is 0.898. The highest BCUT2D eigenvalue weighted by Gasteiger charge is 2.09. The van der Waals surface area contributed by atoms with Gasteiger partial charge in [0.05, 0.1) is 11.3 Å². The van der Waals surface area contributed by atoms with Gasteiger partial charge >= 0.3 is 5.97 Å². The summed E-state index contributed by atoms with van der Waals surface area (Å²) in [6, 6.07) is 8.07. The molecule has 0 spiro atoms. The van der Waals surface area contributed by atoms with E-state index < -0.39 is 17.6 Å². The third-order valence-corrected chi connectivity index (χ3v) is 2.88. The van der Waals surface area contributed by atoms with Crippen molar-refractivity contribution in [1.82, 2.24) is 0 Å². The van der Waals surface area contributed by atoms with Gasteiger partial charge in [0.2, 0.25) is 0 Å². The molecule has 0 unspecified atom stereocenters. The number of nitrogens with one attached hydrogen (secondary N) is 1. The third kappa shape index (κ3) is 3.12. The van der Waals surface area contributed by atoms with Gasteiger partial charge in [0.15, 0.2) is 0 Å². The number of carbonyl (C=O) groups is 1. The first-order chi connectivity index (χ1) is 9.47. The topological polar surface area (TPSA) is 49.3 Å². The van der Waals surface area contributed by atoms with Crippen LogP contribution in [0.2, 0.25) is 0 Å². The van der Waals surface area contributed by atoms with Crippen LogP contribution in [0.5, 0.6) is 0 Å². The normalized spacial score (nSPS) is 10.3. The molecule has 104 valence electrons. The van der Waals surface area contributed by atoms with Crippen molar-refractivity contribution in [2.45, 2.75) is 13.5 Å². The van der Waals surface area contributed by atoms with Gasteiger partial charge in [0, 0.05) is 12.1 Å². The first-order valence-corrected chi connectivity index (χ1v) is 5.99. The number of hydrogen-bond acceptors (Lipinski definition) is 2. The van der Waals surface area contributed by atoms with E-state index >= 15 is 0 Å². The molecule has 0 aliphatic carbocycles. The van der Waals surface area contributed by atoms with E-state index in [-0.39, 0.29) is 23.4 Å². The van der Waals surface area contributed by atoms with Gasteiger partial charge in [0.25, 0.3) is 0 Å². The van der Waals surface area contributed by atoms with Crippen LogP contribution >= 0.6 is 0 Å². The molecule has 0 aromatic heterocycles. The van der Waals surface area contributed by atoms with Crippen molar-refractivity contribution in [2.75, 3.05) is 5.32 Å². The number of carboxylic acids is 1. The summed E-state index contributed by atoms with van der Waals surface area (Å²) in [5, 5.41) is 11.6. The van der Waals surface area contributed by atoms with E-state index in [4.69, 9.17) is 5.11 Å². The zero-order valence-electron chi connectivity index (χ0n) is 10.8. The van der Waals surface area contributed by atoms with Crippen molar-refractivity contribution < 1.29 is 18.7 Å². The fraction of sp³-hybridized carbons (Fsp3) is 0.133. The minimum absolute atomic E-state index is 0.00656. The summed E-state index contributed by atoms with van der Waals surface area (Å²) in [7, 11) is 0. The highest BCUT2D eigenvalue weighted by Crippen LogP contribution is 2.18. The van der Waals surface area contributed by atoms with Crippen LogP contribution in [0.3, 0.4) is 0 Å². The number of hydrogen-bond donors (Lipinski definition) is 2. The summed E-state index contributed by atoms with van der Waals surface area (Å²) in [4.78, 5) is 10.8. The fourth-order valence-electron chi connectivity index (χ4n) is 1.81. The molecule has 2 N–H and O–H groups in total. The van der Waals surface area contributed by atoms with Crippen LogP contribution in [0, 0.1) is 18.6 Å². The molecule has 0 amide bonds. The van der Waals surface area contributed by atoms with Crippen molar-refractivity contribution >= 4 is 11.7 Å². The lowest BCUT2D eigenvalue weighted by molar-refractivity contribution is 0.0696. The van der Waals surface area contributed by atoms with Gasteiger partial charge in [-0.05, 0) is 42.8 Å². The van der Waals surface area contributed by atoms with Crippen LogP contribution < -0.4 is 5.32 Å². The number of aryl methyl sites for hydroxylation is 1. The highest BCUT2D eigenvalue weighted by molar-refractivity contribution is 5.87. The Hall–Kier alpha value is -2.43. The Labute approximate surface area is 114 Å². The zero-order chi connectivity index (χ0) is 14.7. The molecule has 0 saturated heterocycles. The van der Waals surface area contributed by atoms with E-state index in [0.29, 0.717) is 0 Å².